The van der Waals surface area contributed by atoms with Crippen LogP contribution in [-0.4, -0.2) is 17.0 Å². The smallest absolute Gasteiger partial charge is 0.331 e. The zero-order chi connectivity index (χ0) is 13.0. The summed E-state index contributed by atoms with van der Waals surface area (Å²) in [6, 6.07) is 4.59. The highest BCUT2D eigenvalue weighted by molar-refractivity contribution is 6.35. The Labute approximate surface area is 108 Å². The van der Waals surface area contributed by atoms with Crippen LogP contribution in [0.15, 0.2) is 29.8 Å². The van der Waals surface area contributed by atoms with Gasteiger partial charge in [0.1, 0.15) is 0 Å². The highest BCUT2D eigenvalue weighted by atomic mass is 35.5. The summed E-state index contributed by atoms with van der Waals surface area (Å²) in [6.45, 7) is 1.32. The number of rotatable bonds is 3. The highest BCUT2D eigenvalue weighted by Gasteiger charge is 2.07. The minimum atomic E-state index is -1.16. The maximum absolute atomic E-state index is 11.4. The first-order chi connectivity index (χ1) is 7.90. The maximum Gasteiger partial charge on any atom is 0.331 e. The molecule has 0 fully saturated rings. The zero-order valence-electron chi connectivity index (χ0n) is 8.83. The average molecular weight is 274 g/mol. The zero-order valence-corrected chi connectivity index (χ0v) is 10.3. The highest BCUT2D eigenvalue weighted by Crippen LogP contribution is 2.25. The van der Waals surface area contributed by atoms with Crippen molar-refractivity contribution in [1.82, 2.24) is 0 Å². The van der Waals surface area contributed by atoms with Gasteiger partial charge in [0, 0.05) is 16.7 Å². The normalized spacial score (nSPS) is 11.1. The van der Waals surface area contributed by atoms with Gasteiger partial charge in [0.15, 0.2) is 0 Å². The van der Waals surface area contributed by atoms with Crippen LogP contribution in [0.25, 0.3) is 0 Å². The molecule has 4 nitrogen and oxygen atoms in total. The second kappa shape index (κ2) is 5.70. The van der Waals surface area contributed by atoms with Crippen molar-refractivity contribution in [3.05, 3.63) is 39.9 Å². The van der Waals surface area contributed by atoms with Crippen LogP contribution >= 0.6 is 23.2 Å². The van der Waals surface area contributed by atoms with Gasteiger partial charge in [-0.1, -0.05) is 23.2 Å². The first-order valence-corrected chi connectivity index (χ1v) is 5.33. The molecule has 0 aromatic heterocycles. The number of carboxylic acids is 1. The van der Waals surface area contributed by atoms with Crippen molar-refractivity contribution in [3.63, 3.8) is 0 Å². The summed E-state index contributed by atoms with van der Waals surface area (Å²) in [4.78, 5) is 22.0. The predicted octanol–water partition coefficient (Wildman–Crippen LogP) is 2.96. The van der Waals surface area contributed by atoms with Crippen molar-refractivity contribution in [1.29, 1.82) is 0 Å². The molecule has 1 aromatic carbocycles. The molecular formula is C11H9Cl2NO3. The molecule has 2 N–H and O–H groups in total. The second-order valence-corrected chi connectivity index (χ2v) is 4.09. The topological polar surface area (TPSA) is 66.4 Å². The molecule has 17 heavy (non-hydrogen) atoms. The monoisotopic (exact) mass is 273 g/mol. The number of benzene rings is 1. The van der Waals surface area contributed by atoms with Crippen LogP contribution < -0.4 is 5.32 Å². The Balaban J connectivity index is 2.85. The lowest BCUT2D eigenvalue weighted by molar-refractivity contribution is -0.132. The maximum atomic E-state index is 11.4. The molecule has 0 aliphatic heterocycles. The second-order valence-electron chi connectivity index (χ2n) is 3.25. The van der Waals surface area contributed by atoms with Crippen molar-refractivity contribution < 1.29 is 14.7 Å². The van der Waals surface area contributed by atoms with Crippen LogP contribution in [0.5, 0.6) is 0 Å². The Hall–Kier alpha value is -1.52. The minimum absolute atomic E-state index is 0.0688. The van der Waals surface area contributed by atoms with E-state index in [1.54, 1.807) is 6.07 Å². The molecule has 1 rings (SSSR count). The lowest BCUT2D eigenvalue weighted by Gasteiger charge is -2.05. The summed E-state index contributed by atoms with van der Waals surface area (Å²) in [7, 11) is 0. The molecule has 0 aliphatic rings. The van der Waals surface area contributed by atoms with Crippen molar-refractivity contribution >= 4 is 40.8 Å². The summed E-state index contributed by atoms with van der Waals surface area (Å²) in [5.74, 6) is -1.73. The third-order valence-electron chi connectivity index (χ3n) is 1.87. The average Bonchev–Trinajstić information content (AvgIpc) is 2.23. The van der Waals surface area contributed by atoms with Gasteiger partial charge in [-0.2, -0.15) is 0 Å². The van der Waals surface area contributed by atoms with E-state index in [0.717, 1.165) is 6.08 Å². The van der Waals surface area contributed by atoms with Crippen LogP contribution in [0, 0.1) is 0 Å². The van der Waals surface area contributed by atoms with Gasteiger partial charge >= 0.3 is 5.97 Å². The standard InChI is InChI=1S/C11H9Cl2NO3/c1-6(11(16)17)4-10(15)14-9-5-7(12)2-3-8(9)13/h2-5H,1H3,(H,14,15)(H,16,17)/b6-4+. The molecule has 0 spiro atoms. The molecule has 0 unspecified atom stereocenters. The van der Waals surface area contributed by atoms with E-state index in [4.69, 9.17) is 28.3 Å². The van der Waals surface area contributed by atoms with E-state index in [1.807, 2.05) is 0 Å². The van der Waals surface area contributed by atoms with E-state index < -0.39 is 11.9 Å². The van der Waals surface area contributed by atoms with Crippen molar-refractivity contribution in [2.75, 3.05) is 5.32 Å². The van der Waals surface area contributed by atoms with E-state index in [0.29, 0.717) is 15.7 Å². The number of nitrogens with one attached hydrogen (secondary N) is 1. The van der Waals surface area contributed by atoms with E-state index in [9.17, 15) is 9.59 Å². The van der Waals surface area contributed by atoms with E-state index in [1.165, 1.54) is 19.1 Å². The molecule has 1 aromatic rings. The molecule has 0 heterocycles. The van der Waals surface area contributed by atoms with E-state index in [-0.39, 0.29) is 5.57 Å². The fraction of sp³-hybridized carbons (Fsp3) is 0.0909. The van der Waals surface area contributed by atoms with Gasteiger partial charge < -0.3 is 10.4 Å². The van der Waals surface area contributed by atoms with Crippen molar-refractivity contribution in [2.24, 2.45) is 0 Å². The molecule has 0 saturated heterocycles. The van der Waals surface area contributed by atoms with Gasteiger partial charge in [-0.3, -0.25) is 4.79 Å². The third-order valence-corrected chi connectivity index (χ3v) is 2.44. The molecule has 0 saturated carbocycles. The van der Waals surface area contributed by atoms with Crippen molar-refractivity contribution in [2.45, 2.75) is 6.92 Å². The molecular weight excluding hydrogens is 265 g/mol. The number of anilines is 1. The van der Waals surface area contributed by atoms with Crippen LogP contribution in [0.3, 0.4) is 0 Å². The van der Waals surface area contributed by atoms with Crippen molar-refractivity contribution in [3.8, 4) is 0 Å². The Morgan fingerprint density at radius 2 is 2.00 bits per heavy atom. The van der Waals surface area contributed by atoms with Gasteiger partial charge in [-0.05, 0) is 25.1 Å². The first-order valence-electron chi connectivity index (χ1n) is 4.58. The molecule has 0 bridgehead atoms. The Morgan fingerprint density at radius 3 is 2.59 bits per heavy atom. The number of aliphatic carboxylic acids is 1. The SMILES string of the molecule is C/C(=C\C(=O)Nc1cc(Cl)ccc1Cl)C(=O)O. The first kappa shape index (κ1) is 13.5. The Morgan fingerprint density at radius 1 is 1.35 bits per heavy atom. The van der Waals surface area contributed by atoms with Crippen LogP contribution in [-0.2, 0) is 9.59 Å². The lowest BCUT2D eigenvalue weighted by Crippen LogP contribution is -2.11. The quantitative estimate of drug-likeness (QED) is 0.833. The van der Waals surface area contributed by atoms with Gasteiger partial charge in [0.2, 0.25) is 5.91 Å². The number of carbonyl (C=O) groups is 2. The summed E-state index contributed by atoms with van der Waals surface area (Å²) in [5, 5.41) is 11.8. The molecule has 0 atom stereocenters. The van der Waals surface area contributed by atoms with Gasteiger partial charge in [0.05, 0.1) is 10.7 Å². The predicted molar refractivity (Wildman–Crippen MR) is 66.5 cm³/mol. The largest absolute Gasteiger partial charge is 0.478 e. The number of hydrogen-bond donors (Lipinski definition) is 2. The van der Waals surface area contributed by atoms with Crippen LogP contribution in [0.2, 0.25) is 10.0 Å². The molecule has 90 valence electrons. The minimum Gasteiger partial charge on any atom is -0.478 e. The van der Waals surface area contributed by atoms with Gasteiger partial charge in [-0.25, -0.2) is 4.79 Å². The Bertz CT molecular complexity index is 497. The van der Waals surface area contributed by atoms with Crippen LogP contribution in [0.4, 0.5) is 5.69 Å². The molecule has 6 heteroatoms. The number of amides is 1. The number of carboxylic acid groups (broad SMARTS) is 1. The summed E-state index contributed by atoms with van der Waals surface area (Å²) in [5.41, 5.74) is 0.263. The molecule has 0 aliphatic carbocycles. The number of halogens is 2. The fourth-order valence-corrected chi connectivity index (χ4v) is 1.36. The summed E-state index contributed by atoms with van der Waals surface area (Å²) < 4.78 is 0. The third kappa shape index (κ3) is 4.09. The Kier molecular flexibility index (Phi) is 4.54. The van der Waals surface area contributed by atoms with E-state index >= 15 is 0 Å². The number of carbonyl (C=O) groups excluding carboxylic acids is 1. The summed E-state index contributed by atoms with van der Waals surface area (Å²) >= 11 is 11.6. The van der Waals surface area contributed by atoms with Gasteiger partial charge in [0.25, 0.3) is 0 Å². The number of hydrogen-bond acceptors (Lipinski definition) is 2. The lowest BCUT2D eigenvalue weighted by atomic mass is 10.2. The fourth-order valence-electron chi connectivity index (χ4n) is 1.02. The van der Waals surface area contributed by atoms with Crippen LogP contribution in [0.1, 0.15) is 6.92 Å². The summed E-state index contributed by atoms with van der Waals surface area (Å²) in [6.07, 6.45) is 0.972. The molecule has 0 radical (unpaired) electrons. The molecule has 1 amide bonds. The van der Waals surface area contributed by atoms with Gasteiger partial charge in [-0.15, -0.1) is 0 Å². The van der Waals surface area contributed by atoms with E-state index in [2.05, 4.69) is 5.32 Å².